The highest BCUT2D eigenvalue weighted by molar-refractivity contribution is 6.32. The molecule has 1 aromatic heterocycles. The predicted molar refractivity (Wildman–Crippen MR) is 93.1 cm³/mol. The van der Waals surface area contributed by atoms with Crippen LogP contribution in [0.3, 0.4) is 0 Å². The molecule has 1 atom stereocenters. The van der Waals surface area contributed by atoms with Crippen molar-refractivity contribution in [1.29, 1.82) is 0 Å². The van der Waals surface area contributed by atoms with E-state index in [1.54, 1.807) is 11.1 Å². The Kier molecular flexibility index (Phi) is 5.74. The second-order valence-electron chi connectivity index (χ2n) is 7.03. The van der Waals surface area contributed by atoms with Crippen LogP contribution < -0.4 is 5.32 Å². The van der Waals surface area contributed by atoms with Crippen LogP contribution in [0.25, 0.3) is 0 Å². The molecule has 1 amide bonds. The third-order valence-corrected chi connectivity index (χ3v) is 4.13. The Balaban J connectivity index is 1.95. The fraction of sp³-hybridized carbons (Fsp3) is 0.647. The van der Waals surface area contributed by atoms with Crippen LogP contribution in [0.5, 0.6) is 0 Å². The number of nitrogens with one attached hydrogen (secondary N) is 1. The average Bonchev–Trinajstić information content (AvgIpc) is 2.67. The summed E-state index contributed by atoms with van der Waals surface area (Å²) in [6, 6.07) is 2.22. The van der Waals surface area contributed by atoms with E-state index in [0.29, 0.717) is 11.7 Å². The molecular formula is C17H26ClN3O2. The standard InChI is InChI=1S/C17H26ClN3O2/c1-12-7-9-19-15(18)14(12)20-13-6-5-10-21(11-8-13)16(22)23-17(2,3)4/h7,9,13,20H,5-6,8,10-11H2,1-4H3. The van der Waals surface area contributed by atoms with Crippen molar-refractivity contribution in [2.45, 2.75) is 58.6 Å². The van der Waals surface area contributed by atoms with Gasteiger partial charge < -0.3 is 15.0 Å². The number of carbonyl (C=O) groups excluding carboxylic acids is 1. The van der Waals surface area contributed by atoms with Gasteiger partial charge in [-0.1, -0.05) is 11.6 Å². The molecule has 0 bridgehead atoms. The zero-order valence-electron chi connectivity index (χ0n) is 14.4. The summed E-state index contributed by atoms with van der Waals surface area (Å²) in [6.45, 7) is 9.09. The van der Waals surface area contributed by atoms with Crippen molar-refractivity contribution in [2.24, 2.45) is 0 Å². The summed E-state index contributed by atoms with van der Waals surface area (Å²) >= 11 is 6.18. The quantitative estimate of drug-likeness (QED) is 0.818. The highest BCUT2D eigenvalue weighted by atomic mass is 35.5. The smallest absolute Gasteiger partial charge is 0.410 e. The summed E-state index contributed by atoms with van der Waals surface area (Å²) in [4.78, 5) is 18.1. The van der Waals surface area contributed by atoms with Gasteiger partial charge in [-0.15, -0.1) is 0 Å². The number of carbonyl (C=O) groups is 1. The Morgan fingerprint density at radius 3 is 2.78 bits per heavy atom. The van der Waals surface area contributed by atoms with Crippen LogP contribution in [-0.4, -0.2) is 40.7 Å². The summed E-state index contributed by atoms with van der Waals surface area (Å²) in [5, 5.41) is 3.99. The highest BCUT2D eigenvalue weighted by Crippen LogP contribution is 2.26. The second kappa shape index (κ2) is 7.39. The molecule has 1 N–H and O–H groups in total. The first-order valence-electron chi connectivity index (χ1n) is 8.12. The van der Waals surface area contributed by atoms with E-state index in [1.807, 2.05) is 33.8 Å². The van der Waals surface area contributed by atoms with Crippen LogP contribution in [0.15, 0.2) is 12.3 Å². The van der Waals surface area contributed by atoms with Crippen molar-refractivity contribution < 1.29 is 9.53 Å². The lowest BCUT2D eigenvalue weighted by Crippen LogP contribution is -2.37. The number of pyridine rings is 1. The lowest BCUT2D eigenvalue weighted by Gasteiger charge is -2.26. The van der Waals surface area contributed by atoms with Gasteiger partial charge in [-0.3, -0.25) is 0 Å². The first-order chi connectivity index (χ1) is 10.8. The molecule has 128 valence electrons. The number of amides is 1. The van der Waals surface area contributed by atoms with E-state index in [-0.39, 0.29) is 12.1 Å². The molecule has 1 unspecified atom stereocenters. The number of anilines is 1. The molecule has 5 nitrogen and oxygen atoms in total. The topological polar surface area (TPSA) is 54.5 Å². The molecule has 6 heteroatoms. The van der Waals surface area contributed by atoms with Crippen molar-refractivity contribution in [3.63, 3.8) is 0 Å². The van der Waals surface area contributed by atoms with E-state index in [2.05, 4.69) is 10.3 Å². The molecule has 2 heterocycles. The summed E-state index contributed by atoms with van der Waals surface area (Å²) in [6.07, 6.45) is 4.27. The Hall–Kier alpha value is -1.49. The van der Waals surface area contributed by atoms with Crippen LogP contribution in [0, 0.1) is 6.92 Å². The Labute approximate surface area is 143 Å². The number of aromatic nitrogens is 1. The minimum absolute atomic E-state index is 0.228. The third kappa shape index (κ3) is 5.27. The average molecular weight is 340 g/mol. The van der Waals surface area contributed by atoms with Crippen LogP contribution >= 0.6 is 11.6 Å². The molecule has 0 aromatic carbocycles. The van der Waals surface area contributed by atoms with Crippen molar-refractivity contribution in [3.8, 4) is 0 Å². The first kappa shape index (κ1) is 17.9. The van der Waals surface area contributed by atoms with Gasteiger partial charge in [0.25, 0.3) is 0 Å². The molecule has 0 spiro atoms. The molecule has 1 saturated heterocycles. The predicted octanol–water partition coefficient (Wildman–Crippen LogP) is 4.24. The van der Waals surface area contributed by atoms with E-state index in [4.69, 9.17) is 16.3 Å². The van der Waals surface area contributed by atoms with Gasteiger partial charge >= 0.3 is 6.09 Å². The van der Waals surface area contributed by atoms with Crippen molar-refractivity contribution in [3.05, 3.63) is 23.0 Å². The van der Waals surface area contributed by atoms with E-state index >= 15 is 0 Å². The first-order valence-corrected chi connectivity index (χ1v) is 8.49. The SMILES string of the molecule is Cc1ccnc(Cl)c1NC1CCCN(C(=O)OC(C)(C)C)CC1. The largest absolute Gasteiger partial charge is 0.444 e. The molecule has 1 fully saturated rings. The van der Waals surface area contributed by atoms with Crippen LogP contribution in [-0.2, 0) is 4.74 Å². The minimum atomic E-state index is -0.457. The fourth-order valence-electron chi connectivity index (χ4n) is 2.65. The molecule has 23 heavy (non-hydrogen) atoms. The molecule has 0 aliphatic carbocycles. The van der Waals surface area contributed by atoms with E-state index in [9.17, 15) is 4.79 Å². The summed E-state index contributed by atoms with van der Waals surface area (Å²) in [7, 11) is 0. The zero-order chi connectivity index (χ0) is 17.0. The Morgan fingerprint density at radius 2 is 2.13 bits per heavy atom. The number of ether oxygens (including phenoxy) is 1. The number of aryl methyl sites for hydroxylation is 1. The molecule has 2 rings (SSSR count). The van der Waals surface area contributed by atoms with Crippen LogP contribution in [0.1, 0.15) is 45.6 Å². The Bertz CT molecular complexity index is 537. The second-order valence-corrected chi connectivity index (χ2v) is 7.39. The van der Waals surface area contributed by atoms with Crippen LogP contribution in [0.2, 0.25) is 5.15 Å². The minimum Gasteiger partial charge on any atom is -0.444 e. The maximum Gasteiger partial charge on any atom is 0.410 e. The van der Waals surface area contributed by atoms with Gasteiger partial charge in [-0.2, -0.15) is 0 Å². The van der Waals surface area contributed by atoms with Gasteiger partial charge in [0, 0.05) is 25.3 Å². The van der Waals surface area contributed by atoms with Crippen molar-refractivity contribution in [1.82, 2.24) is 9.88 Å². The lowest BCUT2D eigenvalue weighted by molar-refractivity contribution is 0.0256. The zero-order valence-corrected chi connectivity index (χ0v) is 15.1. The maximum atomic E-state index is 12.2. The Morgan fingerprint density at radius 1 is 1.39 bits per heavy atom. The monoisotopic (exact) mass is 339 g/mol. The number of halogens is 1. The fourth-order valence-corrected chi connectivity index (χ4v) is 2.91. The maximum absolute atomic E-state index is 12.2. The van der Waals surface area contributed by atoms with Crippen molar-refractivity contribution in [2.75, 3.05) is 18.4 Å². The number of rotatable bonds is 2. The van der Waals surface area contributed by atoms with Crippen molar-refractivity contribution >= 4 is 23.4 Å². The number of hydrogen-bond acceptors (Lipinski definition) is 4. The normalized spacial score (nSPS) is 19.2. The summed E-state index contributed by atoms with van der Waals surface area (Å²) < 4.78 is 5.46. The number of nitrogens with zero attached hydrogens (tertiary/aromatic N) is 2. The molecule has 1 aliphatic heterocycles. The van der Waals surface area contributed by atoms with E-state index in [1.165, 1.54) is 0 Å². The summed E-state index contributed by atoms with van der Waals surface area (Å²) in [5.74, 6) is 0. The van der Waals surface area contributed by atoms with E-state index < -0.39 is 5.60 Å². The van der Waals surface area contributed by atoms with E-state index in [0.717, 1.165) is 37.1 Å². The third-order valence-electron chi connectivity index (χ3n) is 3.84. The van der Waals surface area contributed by atoms with Gasteiger partial charge in [0.15, 0.2) is 5.15 Å². The highest BCUT2D eigenvalue weighted by Gasteiger charge is 2.25. The molecule has 1 aliphatic rings. The lowest BCUT2D eigenvalue weighted by atomic mass is 10.1. The van der Waals surface area contributed by atoms with Gasteiger partial charge in [0.2, 0.25) is 0 Å². The summed E-state index contributed by atoms with van der Waals surface area (Å²) in [5.41, 5.74) is 1.52. The van der Waals surface area contributed by atoms with Gasteiger partial charge in [0.1, 0.15) is 5.60 Å². The molecule has 0 saturated carbocycles. The molecule has 1 aromatic rings. The molecule has 0 radical (unpaired) electrons. The van der Waals surface area contributed by atoms with Gasteiger partial charge in [0.05, 0.1) is 5.69 Å². The van der Waals surface area contributed by atoms with Gasteiger partial charge in [-0.05, 0) is 58.6 Å². The molecular weight excluding hydrogens is 314 g/mol. The van der Waals surface area contributed by atoms with Gasteiger partial charge in [-0.25, -0.2) is 9.78 Å². The van der Waals surface area contributed by atoms with Crippen LogP contribution in [0.4, 0.5) is 10.5 Å². The number of likely N-dealkylation sites (tertiary alicyclic amines) is 1. The number of hydrogen-bond donors (Lipinski definition) is 1.